The number of aliphatic carboxylic acids is 1. The summed E-state index contributed by atoms with van der Waals surface area (Å²) in [6.07, 6.45) is 0.568. The first-order valence-corrected chi connectivity index (χ1v) is 12.1. The Balaban J connectivity index is 1.66. The third kappa shape index (κ3) is 5.66. The fourth-order valence-electron chi connectivity index (χ4n) is 4.48. The Labute approximate surface area is 207 Å². The van der Waals surface area contributed by atoms with Crippen molar-refractivity contribution in [1.29, 1.82) is 0 Å². The molecule has 2 aromatic carbocycles. The second kappa shape index (κ2) is 10.5. The molecule has 0 fully saturated rings. The van der Waals surface area contributed by atoms with Gasteiger partial charge in [-0.2, -0.15) is 0 Å². The molecule has 3 rings (SSSR count). The van der Waals surface area contributed by atoms with Crippen LogP contribution in [0, 0.1) is 5.41 Å². The first-order chi connectivity index (χ1) is 16.5. The number of fused-ring (bicyclic) bond motifs is 3. The SMILES string of the molecule is CCC[C@H](CC(=O)O)NC(=O)C(C)(C)C(C)(C)NC(=O)OCC1c2ccccc2-c2ccccc21. The Hall–Kier alpha value is -3.35. The largest absolute Gasteiger partial charge is 0.481 e. The molecule has 1 atom stereocenters. The summed E-state index contributed by atoms with van der Waals surface area (Å²) in [7, 11) is 0. The molecule has 2 amide bonds. The van der Waals surface area contributed by atoms with Crippen molar-refractivity contribution in [1.82, 2.24) is 10.6 Å². The number of amides is 2. The van der Waals surface area contributed by atoms with Crippen molar-refractivity contribution in [3.8, 4) is 11.1 Å². The number of benzene rings is 2. The lowest BCUT2D eigenvalue weighted by Gasteiger charge is -2.41. The molecular formula is C28H36N2O5. The van der Waals surface area contributed by atoms with Crippen molar-refractivity contribution in [2.75, 3.05) is 6.61 Å². The van der Waals surface area contributed by atoms with E-state index in [2.05, 4.69) is 34.9 Å². The van der Waals surface area contributed by atoms with Crippen molar-refractivity contribution < 1.29 is 24.2 Å². The lowest BCUT2D eigenvalue weighted by Crippen LogP contribution is -2.60. The van der Waals surface area contributed by atoms with Gasteiger partial charge in [0.2, 0.25) is 5.91 Å². The van der Waals surface area contributed by atoms with E-state index in [4.69, 9.17) is 9.84 Å². The maximum atomic E-state index is 13.1. The van der Waals surface area contributed by atoms with E-state index in [0.717, 1.165) is 28.7 Å². The quantitative estimate of drug-likeness (QED) is 0.439. The summed E-state index contributed by atoms with van der Waals surface area (Å²) in [5, 5.41) is 14.9. The summed E-state index contributed by atoms with van der Waals surface area (Å²) < 4.78 is 5.66. The van der Waals surface area contributed by atoms with Crippen LogP contribution in [0.3, 0.4) is 0 Å². The molecule has 0 spiro atoms. The van der Waals surface area contributed by atoms with E-state index in [1.54, 1.807) is 27.7 Å². The molecule has 7 heteroatoms. The summed E-state index contributed by atoms with van der Waals surface area (Å²) >= 11 is 0. The summed E-state index contributed by atoms with van der Waals surface area (Å²) in [6, 6.07) is 15.8. The van der Waals surface area contributed by atoms with Gasteiger partial charge in [-0.1, -0.05) is 61.9 Å². The molecule has 0 unspecified atom stereocenters. The van der Waals surface area contributed by atoms with Crippen LogP contribution in [0.4, 0.5) is 4.79 Å². The monoisotopic (exact) mass is 480 g/mol. The standard InChI is InChI=1S/C28H36N2O5/c1-6-11-18(16-24(31)32)29-25(33)27(2,3)28(4,5)30-26(34)35-17-23-21-14-9-7-12-19(21)20-13-8-10-15-22(20)23/h7-10,12-15,18,23H,6,11,16-17H2,1-5H3,(H,29,33)(H,30,34)(H,31,32)/t18-/m1/s1. The topological polar surface area (TPSA) is 105 Å². The van der Waals surface area contributed by atoms with Gasteiger partial charge in [0, 0.05) is 12.0 Å². The van der Waals surface area contributed by atoms with Crippen LogP contribution < -0.4 is 10.6 Å². The van der Waals surface area contributed by atoms with E-state index in [0.29, 0.717) is 6.42 Å². The normalized spacial score (nSPS) is 14.0. The Morgan fingerprint density at radius 1 is 0.971 bits per heavy atom. The molecule has 0 radical (unpaired) electrons. The molecule has 35 heavy (non-hydrogen) atoms. The van der Waals surface area contributed by atoms with E-state index in [1.807, 2.05) is 31.2 Å². The lowest BCUT2D eigenvalue weighted by atomic mass is 9.73. The number of nitrogens with one attached hydrogen (secondary N) is 2. The molecule has 7 nitrogen and oxygen atoms in total. The van der Waals surface area contributed by atoms with Crippen molar-refractivity contribution in [3.63, 3.8) is 0 Å². The first-order valence-electron chi connectivity index (χ1n) is 12.1. The minimum absolute atomic E-state index is 0.0570. The average molecular weight is 481 g/mol. The van der Waals surface area contributed by atoms with E-state index in [9.17, 15) is 14.4 Å². The number of rotatable bonds is 10. The van der Waals surface area contributed by atoms with Gasteiger partial charge < -0.3 is 20.5 Å². The molecule has 188 valence electrons. The zero-order valence-electron chi connectivity index (χ0n) is 21.2. The summed E-state index contributed by atoms with van der Waals surface area (Å²) in [5.41, 5.74) is 2.57. The minimum Gasteiger partial charge on any atom is -0.481 e. The van der Waals surface area contributed by atoms with Crippen LogP contribution in [0.1, 0.15) is 70.9 Å². The van der Waals surface area contributed by atoms with Crippen molar-refractivity contribution in [2.24, 2.45) is 5.41 Å². The van der Waals surface area contributed by atoms with Gasteiger partial charge in [-0.15, -0.1) is 0 Å². The molecule has 0 saturated heterocycles. The molecule has 1 aliphatic carbocycles. The summed E-state index contributed by atoms with van der Waals surface area (Å²) in [4.78, 5) is 37.1. The first kappa shape index (κ1) is 26.3. The highest BCUT2D eigenvalue weighted by Crippen LogP contribution is 2.44. The molecule has 0 bridgehead atoms. The maximum absolute atomic E-state index is 13.1. The lowest BCUT2D eigenvalue weighted by molar-refractivity contribution is -0.138. The number of carboxylic acids is 1. The Kier molecular flexibility index (Phi) is 7.88. The predicted octanol–water partition coefficient (Wildman–Crippen LogP) is 5.09. The number of carbonyl (C=O) groups is 3. The number of hydrogen-bond acceptors (Lipinski definition) is 4. The Morgan fingerprint density at radius 3 is 2.03 bits per heavy atom. The van der Waals surface area contributed by atoms with Gasteiger partial charge in [-0.05, 0) is 56.4 Å². The van der Waals surface area contributed by atoms with Gasteiger partial charge in [-0.25, -0.2) is 4.79 Å². The average Bonchev–Trinajstić information content (AvgIpc) is 3.10. The highest BCUT2D eigenvalue weighted by atomic mass is 16.5. The molecule has 0 aliphatic heterocycles. The predicted molar refractivity (Wildman–Crippen MR) is 135 cm³/mol. The van der Waals surface area contributed by atoms with Crippen LogP contribution in [0.15, 0.2) is 48.5 Å². The fourth-order valence-corrected chi connectivity index (χ4v) is 4.48. The molecule has 0 aromatic heterocycles. The number of hydrogen-bond donors (Lipinski definition) is 3. The van der Waals surface area contributed by atoms with E-state index < -0.39 is 29.1 Å². The molecule has 0 saturated carbocycles. The van der Waals surface area contributed by atoms with Gasteiger partial charge in [-0.3, -0.25) is 9.59 Å². The van der Waals surface area contributed by atoms with Crippen LogP contribution in [0.2, 0.25) is 0 Å². The van der Waals surface area contributed by atoms with E-state index in [-0.39, 0.29) is 24.9 Å². The maximum Gasteiger partial charge on any atom is 0.407 e. The van der Waals surface area contributed by atoms with Gasteiger partial charge in [0.05, 0.1) is 17.4 Å². The Bertz CT molecular complexity index is 1050. The molecule has 2 aromatic rings. The number of ether oxygens (including phenoxy) is 1. The van der Waals surface area contributed by atoms with Crippen LogP contribution >= 0.6 is 0 Å². The summed E-state index contributed by atoms with van der Waals surface area (Å²) in [5.74, 6) is -1.34. The molecule has 3 N–H and O–H groups in total. The van der Waals surface area contributed by atoms with Crippen molar-refractivity contribution >= 4 is 18.0 Å². The van der Waals surface area contributed by atoms with E-state index in [1.165, 1.54) is 0 Å². The zero-order valence-corrected chi connectivity index (χ0v) is 21.2. The number of carbonyl (C=O) groups excluding carboxylic acids is 2. The van der Waals surface area contributed by atoms with Crippen molar-refractivity contribution in [3.05, 3.63) is 59.7 Å². The van der Waals surface area contributed by atoms with Crippen LogP contribution in [-0.4, -0.2) is 41.3 Å². The molecule has 1 aliphatic rings. The highest BCUT2D eigenvalue weighted by Gasteiger charge is 2.45. The van der Waals surface area contributed by atoms with Crippen molar-refractivity contribution in [2.45, 2.75) is 71.4 Å². The third-order valence-corrected chi connectivity index (χ3v) is 7.28. The smallest absolute Gasteiger partial charge is 0.407 e. The number of alkyl carbamates (subject to hydrolysis) is 1. The number of carboxylic acid groups (broad SMARTS) is 1. The van der Waals surface area contributed by atoms with Crippen LogP contribution in [0.5, 0.6) is 0 Å². The third-order valence-electron chi connectivity index (χ3n) is 7.28. The fraction of sp³-hybridized carbons (Fsp3) is 0.464. The van der Waals surface area contributed by atoms with Gasteiger partial charge in [0.15, 0.2) is 0 Å². The highest BCUT2D eigenvalue weighted by molar-refractivity contribution is 5.85. The zero-order chi connectivity index (χ0) is 25.8. The van der Waals surface area contributed by atoms with Gasteiger partial charge in [0.25, 0.3) is 0 Å². The Morgan fingerprint density at radius 2 is 1.51 bits per heavy atom. The van der Waals surface area contributed by atoms with Gasteiger partial charge in [0.1, 0.15) is 6.61 Å². The molecule has 0 heterocycles. The second-order valence-corrected chi connectivity index (χ2v) is 10.3. The van der Waals surface area contributed by atoms with E-state index >= 15 is 0 Å². The second-order valence-electron chi connectivity index (χ2n) is 10.3. The van der Waals surface area contributed by atoms with Crippen LogP contribution in [-0.2, 0) is 14.3 Å². The van der Waals surface area contributed by atoms with Crippen LogP contribution in [0.25, 0.3) is 11.1 Å². The van der Waals surface area contributed by atoms with Gasteiger partial charge >= 0.3 is 12.1 Å². The molecular weight excluding hydrogens is 444 g/mol. The summed E-state index contributed by atoms with van der Waals surface area (Å²) in [6.45, 7) is 9.11. The minimum atomic E-state index is -1.02.